The summed E-state index contributed by atoms with van der Waals surface area (Å²) in [5.74, 6) is 0. The number of benzene rings is 1. The van der Waals surface area contributed by atoms with E-state index in [4.69, 9.17) is 13.3 Å². The number of allylic oxidation sites excluding steroid dienone is 6. The van der Waals surface area contributed by atoms with Crippen LogP contribution in [0.3, 0.4) is 0 Å². The third-order valence-corrected chi connectivity index (χ3v) is 5.23. The lowest BCUT2D eigenvalue weighted by atomic mass is 10.4. The third-order valence-electron chi connectivity index (χ3n) is 2.85. The zero-order valence-electron chi connectivity index (χ0n) is 15.2. The highest BCUT2D eigenvalue weighted by Crippen LogP contribution is 2.14. The first-order valence-electron chi connectivity index (χ1n) is 7.91. The van der Waals surface area contributed by atoms with Crippen molar-refractivity contribution < 1.29 is 13.3 Å². The average molecular weight is 355 g/mol. The van der Waals surface area contributed by atoms with Crippen LogP contribution in [-0.4, -0.2) is 8.80 Å². The SMILES string of the molecule is C=C(C)C=CO[Si](OC=CC(=C)C)(OC=CC(=C)C)c1ccccc1. The Kier molecular flexibility index (Phi) is 8.30. The summed E-state index contributed by atoms with van der Waals surface area (Å²) >= 11 is 0. The van der Waals surface area contributed by atoms with E-state index in [9.17, 15) is 0 Å². The lowest BCUT2D eigenvalue weighted by molar-refractivity contribution is 0.198. The van der Waals surface area contributed by atoms with Gasteiger partial charge < -0.3 is 13.3 Å². The van der Waals surface area contributed by atoms with Gasteiger partial charge in [-0.25, -0.2) is 0 Å². The summed E-state index contributed by atoms with van der Waals surface area (Å²) in [6.45, 7) is 17.2. The second-order valence-electron chi connectivity index (χ2n) is 5.72. The molecule has 3 nitrogen and oxygen atoms in total. The van der Waals surface area contributed by atoms with Crippen molar-refractivity contribution in [2.45, 2.75) is 20.8 Å². The minimum absolute atomic E-state index is 0.832. The highest BCUT2D eigenvalue weighted by molar-refractivity contribution is 6.75. The van der Waals surface area contributed by atoms with E-state index in [1.165, 1.54) is 0 Å². The molecule has 25 heavy (non-hydrogen) atoms. The van der Waals surface area contributed by atoms with Crippen LogP contribution in [0, 0.1) is 0 Å². The van der Waals surface area contributed by atoms with E-state index in [0.29, 0.717) is 0 Å². The van der Waals surface area contributed by atoms with Gasteiger partial charge in [0.05, 0.1) is 24.0 Å². The molecule has 1 aromatic carbocycles. The largest absolute Gasteiger partial charge is 0.735 e. The second-order valence-corrected chi connectivity index (χ2v) is 8.12. The number of rotatable bonds is 10. The summed E-state index contributed by atoms with van der Waals surface area (Å²) in [6, 6.07) is 9.61. The quantitative estimate of drug-likeness (QED) is 0.330. The van der Waals surface area contributed by atoms with Gasteiger partial charge in [-0.05, 0) is 39.0 Å². The van der Waals surface area contributed by atoms with E-state index in [0.717, 1.165) is 21.9 Å². The van der Waals surface area contributed by atoms with Gasteiger partial charge >= 0.3 is 8.80 Å². The standard InChI is InChI=1S/C21H26O3Si/c1-18(2)12-15-22-25(23-16-13-19(3)4,24-17-14-20(5)6)21-10-8-7-9-11-21/h7-17H,1,3,5H2,2,4,6H3. The van der Waals surface area contributed by atoms with E-state index in [1.807, 2.05) is 51.1 Å². The van der Waals surface area contributed by atoms with Gasteiger partial charge in [0, 0.05) is 0 Å². The molecule has 0 fully saturated rings. The molecule has 0 spiro atoms. The van der Waals surface area contributed by atoms with E-state index < -0.39 is 8.80 Å². The summed E-state index contributed by atoms with van der Waals surface area (Å²) in [6.07, 6.45) is 9.98. The highest BCUT2D eigenvalue weighted by Gasteiger charge is 2.49. The Labute approximate surface area is 152 Å². The molecule has 0 saturated carbocycles. The van der Waals surface area contributed by atoms with Crippen LogP contribution in [0.5, 0.6) is 0 Å². The van der Waals surface area contributed by atoms with Gasteiger partial charge in [-0.2, -0.15) is 0 Å². The van der Waals surface area contributed by atoms with Crippen LogP contribution in [-0.2, 0) is 13.3 Å². The van der Waals surface area contributed by atoms with Gasteiger partial charge in [-0.15, -0.1) is 0 Å². The molecule has 0 saturated heterocycles. The van der Waals surface area contributed by atoms with Crippen molar-refractivity contribution in [3.8, 4) is 0 Å². The lowest BCUT2D eigenvalue weighted by Gasteiger charge is -2.26. The molecular weight excluding hydrogens is 328 g/mol. The first-order valence-corrected chi connectivity index (χ1v) is 9.63. The smallest absolute Gasteiger partial charge is 0.487 e. The topological polar surface area (TPSA) is 27.7 Å². The molecule has 4 heteroatoms. The number of hydrogen-bond donors (Lipinski definition) is 0. The van der Waals surface area contributed by atoms with Crippen molar-refractivity contribution in [1.29, 1.82) is 0 Å². The molecule has 0 aliphatic heterocycles. The van der Waals surface area contributed by atoms with Gasteiger partial charge in [0.25, 0.3) is 0 Å². The predicted molar refractivity (Wildman–Crippen MR) is 107 cm³/mol. The van der Waals surface area contributed by atoms with E-state index in [-0.39, 0.29) is 0 Å². The second kappa shape index (κ2) is 10.2. The first-order chi connectivity index (χ1) is 11.9. The van der Waals surface area contributed by atoms with Crippen molar-refractivity contribution in [3.63, 3.8) is 0 Å². The molecule has 0 unspecified atom stereocenters. The molecule has 0 heterocycles. The molecule has 1 aromatic rings. The fourth-order valence-corrected chi connectivity index (χ4v) is 3.57. The van der Waals surface area contributed by atoms with Crippen molar-refractivity contribution in [2.75, 3.05) is 0 Å². The molecule has 0 aliphatic carbocycles. The van der Waals surface area contributed by atoms with Crippen molar-refractivity contribution >= 4 is 14.0 Å². The zero-order valence-corrected chi connectivity index (χ0v) is 16.2. The van der Waals surface area contributed by atoms with Crippen LogP contribution < -0.4 is 5.19 Å². The summed E-state index contributed by atoms with van der Waals surface area (Å²) in [5, 5.41) is 0.832. The van der Waals surface area contributed by atoms with Gasteiger partial charge in [-0.1, -0.05) is 66.8 Å². The zero-order chi connectivity index (χ0) is 18.7. The summed E-state index contributed by atoms with van der Waals surface area (Å²) < 4.78 is 17.9. The van der Waals surface area contributed by atoms with Crippen LogP contribution in [0.4, 0.5) is 0 Å². The Hall–Kier alpha value is -2.72. The Balaban J connectivity index is 3.25. The highest BCUT2D eigenvalue weighted by atomic mass is 28.4. The molecule has 0 aliphatic rings. The van der Waals surface area contributed by atoms with Gasteiger partial charge in [0.2, 0.25) is 0 Å². The normalized spacial score (nSPS) is 13.7. The van der Waals surface area contributed by atoms with Crippen LogP contribution in [0.2, 0.25) is 0 Å². The fraction of sp³-hybridized carbons (Fsp3) is 0.143. The molecule has 1 rings (SSSR count). The number of hydrogen-bond acceptors (Lipinski definition) is 3. The van der Waals surface area contributed by atoms with E-state index in [1.54, 1.807) is 37.0 Å². The van der Waals surface area contributed by atoms with Gasteiger partial charge in [0.15, 0.2) is 0 Å². The Morgan fingerprint density at radius 3 is 1.40 bits per heavy atom. The maximum Gasteiger partial charge on any atom is 0.735 e. The molecule has 0 amide bonds. The van der Waals surface area contributed by atoms with Crippen LogP contribution >= 0.6 is 0 Å². The maximum atomic E-state index is 5.98. The Morgan fingerprint density at radius 2 is 1.08 bits per heavy atom. The molecule has 0 bridgehead atoms. The van der Waals surface area contributed by atoms with Crippen LogP contribution in [0.15, 0.2) is 104 Å². The third kappa shape index (κ3) is 7.59. The van der Waals surface area contributed by atoms with Crippen molar-refractivity contribution in [3.05, 3.63) is 104 Å². The van der Waals surface area contributed by atoms with E-state index >= 15 is 0 Å². The molecule has 0 atom stereocenters. The van der Waals surface area contributed by atoms with Gasteiger partial charge in [-0.3, -0.25) is 0 Å². The maximum absolute atomic E-state index is 5.98. The Bertz CT molecular complexity index is 620. The summed E-state index contributed by atoms with van der Waals surface area (Å²) in [5.41, 5.74) is 2.60. The predicted octanol–water partition coefficient (Wildman–Crippen LogP) is 5.15. The summed E-state index contributed by atoms with van der Waals surface area (Å²) in [7, 11) is -3.26. The summed E-state index contributed by atoms with van der Waals surface area (Å²) in [4.78, 5) is 0. The van der Waals surface area contributed by atoms with Crippen LogP contribution in [0.25, 0.3) is 0 Å². The minimum Gasteiger partial charge on any atom is -0.487 e. The van der Waals surface area contributed by atoms with Gasteiger partial charge in [0.1, 0.15) is 0 Å². The molecule has 0 N–H and O–H groups in total. The van der Waals surface area contributed by atoms with Crippen molar-refractivity contribution in [2.24, 2.45) is 0 Å². The molecule has 132 valence electrons. The minimum atomic E-state index is -3.26. The van der Waals surface area contributed by atoms with Crippen LogP contribution in [0.1, 0.15) is 20.8 Å². The van der Waals surface area contributed by atoms with Crippen molar-refractivity contribution in [1.82, 2.24) is 0 Å². The fourth-order valence-electron chi connectivity index (χ4n) is 1.65. The molecule has 0 aromatic heterocycles. The Morgan fingerprint density at radius 1 is 0.720 bits per heavy atom. The lowest BCUT2D eigenvalue weighted by Crippen LogP contribution is -2.53. The molecule has 0 radical (unpaired) electrons. The van der Waals surface area contributed by atoms with E-state index in [2.05, 4.69) is 19.7 Å². The first kappa shape index (κ1) is 20.3. The average Bonchev–Trinajstić information content (AvgIpc) is 2.54. The molecular formula is C21H26O3Si. The monoisotopic (exact) mass is 354 g/mol.